The van der Waals surface area contributed by atoms with Crippen molar-refractivity contribution in [3.63, 3.8) is 0 Å². The number of hydrogen-bond donors (Lipinski definition) is 2. The van der Waals surface area contributed by atoms with E-state index in [1.807, 2.05) is 0 Å². The third-order valence-corrected chi connectivity index (χ3v) is 2.93. The van der Waals surface area contributed by atoms with Gasteiger partial charge in [-0.15, -0.1) is 0 Å². The van der Waals surface area contributed by atoms with Crippen LogP contribution >= 0.6 is 0 Å². The zero-order valence-electron chi connectivity index (χ0n) is 13.9. The summed E-state index contributed by atoms with van der Waals surface area (Å²) in [5, 5.41) is 28.0. The van der Waals surface area contributed by atoms with Gasteiger partial charge in [-0.05, 0) is 12.1 Å². The first kappa shape index (κ1) is 20.0. The van der Waals surface area contributed by atoms with E-state index in [0.29, 0.717) is 0 Å². The van der Waals surface area contributed by atoms with Gasteiger partial charge in [0.05, 0.1) is 24.6 Å². The first-order valence-corrected chi connectivity index (χ1v) is 7.47. The number of hydrogen-bond acceptors (Lipinski definition) is 10. The van der Waals surface area contributed by atoms with Crippen LogP contribution in [0, 0.1) is 20.2 Å². The van der Waals surface area contributed by atoms with Gasteiger partial charge in [-0.3, -0.25) is 29.8 Å². The molecule has 0 aromatic carbocycles. The minimum atomic E-state index is -0.718. The molecule has 0 saturated carbocycles. The van der Waals surface area contributed by atoms with Gasteiger partial charge in [0.25, 0.3) is 0 Å². The van der Waals surface area contributed by atoms with Crippen molar-refractivity contribution < 1.29 is 28.3 Å². The lowest BCUT2D eigenvalue weighted by Gasteiger charge is -1.99. The monoisotopic (exact) mass is 392 g/mol. The largest absolute Gasteiger partial charge is 0.433 e. The molecular weight excluding hydrogens is 380 g/mol. The lowest BCUT2D eigenvalue weighted by molar-refractivity contribution is -0.402. The highest BCUT2D eigenvalue weighted by Crippen LogP contribution is 2.14. The highest BCUT2D eigenvalue weighted by atomic mass is 16.7. The van der Waals surface area contributed by atoms with Crippen LogP contribution in [0.4, 0.5) is 11.8 Å². The average molecular weight is 392 g/mol. The summed E-state index contributed by atoms with van der Waals surface area (Å²) in [6, 6.07) is 4.86. The molecule has 2 rings (SSSR count). The fourth-order valence-corrected chi connectivity index (χ4v) is 1.69. The Morgan fingerprint density at radius 3 is 1.57 bits per heavy atom. The molecule has 2 aromatic heterocycles. The summed E-state index contributed by atoms with van der Waals surface area (Å²) in [7, 11) is 0. The zero-order valence-corrected chi connectivity index (χ0v) is 13.9. The zero-order chi connectivity index (χ0) is 20.5. The lowest BCUT2D eigenvalue weighted by atomic mass is 10.3. The van der Waals surface area contributed by atoms with Crippen LogP contribution in [0.1, 0.15) is 24.4 Å². The predicted octanol–water partition coefficient (Wildman–Crippen LogP) is 1.07. The van der Waals surface area contributed by atoms with Crippen LogP contribution in [-0.2, 0) is 9.59 Å². The smallest absolute Gasteiger partial charge is 0.400 e. The molecule has 2 aromatic rings. The minimum Gasteiger partial charge on any atom is -0.400 e. The lowest BCUT2D eigenvalue weighted by Crippen LogP contribution is -2.22. The number of hydrazone groups is 2. The van der Waals surface area contributed by atoms with Gasteiger partial charge < -0.3 is 8.83 Å². The topological polar surface area (TPSA) is 195 Å². The van der Waals surface area contributed by atoms with Gasteiger partial charge in [0.1, 0.15) is 9.85 Å². The van der Waals surface area contributed by atoms with Crippen LogP contribution in [0.3, 0.4) is 0 Å². The molecule has 0 saturated heterocycles. The summed E-state index contributed by atoms with van der Waals surface area (Å²) < 4.78 is 9.59. The van der Waals surface area contributed by atoms with Gasteiger partial charge in [0, 0.05) is 12.8 Å². The number of nitrogens with one attached hydrogen (secondary N) is 2. The standard InChI is InChI=1S/C14H12N6O8/c21-11(17-15-7-9-1-5-13(27-9)19(23)24)3-4-12(22)18-16-8-10-2-6-14(28-10)20(25)26/h1-2,5-8H,3-4H2,(H,17,21)(H,18,22)/b15-7-,16-8+. The molecule has 0 bridgehead atoms. The van der Waals surface area contributed by atoms with E-state index in [0.717, 1.165) is 24.6 Å². The van der Waals surface area contributed by atoms with Crippen molar-refractivity contribution in [2.45, 2.75) is 12.8 Å². The summed E-state index contributed by atoms with van der Waals surface area (Å²) in [5.74, 6) is -1.96. The van der Waals surface area contributed by atoms with Gasteiger partial charge in [0.2, 0.25) is 11.8 Å². The predicted molar refractivity (Wildman–Crippen MR) is 91.4 cm³/mol. The number of carbonyl (C=O) groups excluding carboxylic acids is 2. The van der Waals surface area contributed by atoms with Gasteiger partial charge in [-0.1, -0.05) is 0 Å². The quantitative estimate of drug-likeness (QED) is 0.359. The van der Waals surface area contributed by atoms with Crippen LogP contribution < -0.4 is 10.9 Å². The third-order valence-electron chi connectivity index (χ3n) is 2.93. The Hall–Kier alpha value is -4.36. The molecular formula is C14H12N6O8. The summed E-state index contributed by atoms with van der Waals surface area (Å²) in [4.78, 5) is 42.6. The summed E-state index contributed by atoms with van der Waals surface area (Å²) in [6.45, 7) is 0. The molecule has 0 spiro atoms. The average Bonchev–Trinajstić information content (AvgIpc) is 3.30. The van der Waals surface area contributed by atoms with E-state index >= 15 is 0 Å². The molecule has 0 unspecified atom stereocenters. The van der Waals surface area contributed by atoms with Crippen molar-refractivity contribution in [3.05, 3.63) is 56.0 Å². The maximum Gasteiger partial charge on any atom is 0.433 e. The number of amides is 2. The number of nitro groups is 2. The van der Waals surface area contributed by atoms with Gasteiger partial charge in [-0.2, -0.15) is 10.2 Å². The second kappa shape index (κ2) is 9.37. The first-order chi connectivity index (χ1) is 13.3. The molecule has 146 valence electrons. The maximum atomic E-state index is 11.6. The number of rotatable bonds is 9. The Balaban J connectivity index is 1.69. The SMILES string of the molecule is O=C(CCC(=O)N/N=C/c1ccc([N+](=O)[O-])o1)N/N=C\c1ccc([N+](=O)[O-])o1. The second-order valence-corrected chi connectivity index (χ2v) is 4.95. The van der Waals surface area contributed by atoms with Gasteiger partial charge in [0.15, 0.2) is 11.5 Å². The van der Waals surface area contributed by atoms with E-state index in [1.54, 1.807) is 0 Å². The third kappa shape index (κ3) is 6.17. The van der Waals surface area contributed by atoms with Crippen molar-refractivity contribution in [2.24, 2.45) is 10.2 Å². The highest BCUT2D eigenvalue weighted by Gasteiger charge is 2.11. The van der Waals surface area contributed by atoms with Crippen LogP contribution in [0.15, 0.2) is 43.3 Å². The fourth-order valence-electron chi connectivity index (χ4n) is 1.69. The van der Waals surface area contributed by atoms with Crippen LogP contribution in [0.2, 0.25) is 0 Å². The molecule has 0 fully saturated rings. The van der Waals surface area contributed by atoms with E-state index in [4.69, 9.17) is 8.83 Å². The van der Waals surface area contributed by atoms with Gasteiger partial charge >= 0.3 is 11.8 Å². The molecule has 14 heteroatoms. The fraction of sp³-hybridized carbons (Fsp3) is 0.143. The van der Waals surface area contributed by atoms with Gasteiger partial charge in [-0.25, -0.2) is 10.9 Å². The summed E-state index contributed by atoms with van der Waals surface area (Å²) in [6.07, 6.45) is 1.72. The summed E-state index contributed by atoms with van der Waals surface area (Å²) >= 11 is 0. The van der Waals surface area contributed by atoms with E-state index in [9.17, 15) is 29.8 Å². The summed E-state index contributed by atoms with van der Waals surface area (Å²) in [5.41, 5.74) is 4.25. The maximum absolute atomic E-state index is 11.6. The number of nitrogens with zero attached hydrogens (tertiary/aromatic N) is 4. The van der Waals surface area contributed by atoms with E-state index < -0.39 is 33.4 Å². The molecule has 2 heterocycles. The molecule has 0 aliphatic rings. The molecule has 0 aliphatic heterocycles. The van der Waals surface area contributed by atoms with E-state index in [1.165, 1.54) is 12.1 Å². The Labute approximate surface area is 155 Å². The Bertz CT molecular complexity index is 867. The molecule has 0 atom stereocenters. The number of carbonyl (C=O) groups is 2. The Morgan fingerprint density at radius 1 is 0.857 bits per heavy atom. The van der Waals surface area contributed by atoms with Crippen LogP contribution in [0.5, 0.6) is 0 Å². The van der Waals surface area contributed by atoms with Crippen LogP contribution in [0.25, 0.3) is 0 Å². The molecule has 28 heavy (non-hydrogen) atoms. The molecule has 2 amide bonds. The Morgan fingerprint density at radius 2 is 1.25 bits per heavy atom. The molecule has 0 radical (unpaired) electrons. The van der Waals surface area contributed by atoms with E-state index in [-0.39, 0.29) is 24.4 Å². The van der Waals surface area contributed by atoms with Crippen molar-refractivity contribution in [1.82, 2.24) is 10.9 Å². The molecule has 2 N–H and O–H groups in total. The van der Waals surface area contributed by atoms with Crippen molar-refractivity contribution in [3.8, 4) is 0 Å². The van der Waals surface area contributed by atoms with E-state index in [2.05, 4.69) is 21.1 Å². The van der Waals surface area contributed by atoms with Crippen molar-refractivity contribution in [2.75, 3.05) is 0 Å². The highest BCUT2D eigenvalue weighted by molar-refractivity contribution is 5.85. The molecule has 0 aliphatic carbocycles. The molecule has 14 nitrogen and oxygen atoms in total. The minimum absolute atomic E-state index is 0.0669. The normalized spacial score (nSPS) is 11.0. The first-order valence-electron chi connectivity index (χ1n) is 7.47. The van der Waals surface area contributed by atoms with Crippen molar-refractivity contribution >= 4 is 36.0 Å². The van der Waals surface area contributed by atoms with Crippen molar-refractivity contribution in [1.29, 1.82) is 0 Å². The van der Waals surface area contributed by atoms with Crippen LogP contribution in [-0.4, -0.2) is 34.1 Å². The Kier molecular flexibility index (Phi) is 6.68. The second-order valence-electron chi connectivity index (χ2n) is 4.95. The number of furan rings is 2.